The zero-order valence-corrected chi connectivity index (χ0v) is 19.1. The van der Waals surface area contributed by atoms with Gasteiger partial charge < -0.3 is 20.6 Å². The Morgan fingerprint density at radius 1 is 1.33 bits per heavy atom. The molecule has 13 heteroatoms. The highest BCUT2D eigenvalue weighted by Gasteiger charge is 2.22. The number of rotatable bonds is 11. The molecule has 12 nitrogen and oxygen atoms in total. The Kier molecular flexibility index (Phi) is 7.33. The van der Waals surface area contributed by atoms with Gasteiger partial charge in [-0.05, 0) is 24.1 Å². The lowest BCUT2D eigenvalue weighted by Crippen LogP contribution is -2.32. The summed E-state index contributed by atoms with van der Waals surface area (Å²) in [4.78, 5) is 34.3. The number of carboxylic acids is 1. The number of hydrogen-bond donors (Lipinski definition) is 3. The number of nitrogen functional groups attached to an aromatic ring is 1. The molecule has 0 saturated carbocycles. The van der Waals surface area contributed by atoms with Crippen LogP contribution in [0.2, 0.25) is 0 Å². The Balaban J connectivity index is 1.82. The van der Waals surface area contributed by atoms with Crippen LogP contribution in [0.3, 0.4) is 0 Å². The van der Waals surface area contributed by atoms with E-state index < -0.39 is 21.7 Å². The van der Waals surface area contributed by atoms with Crippen LogP contribution in [-0.2, 0) is 27.8 Å². The van der Waals surface area contributed by atoms with Crippen LogP contribution < -0.4 is 16.2 Å². The summed E-state index contributed by atoms with van der Waals surface area (Å²) in [6.45, 7) is 2.36. The van der Waals surface area contributed by atoms with E-state index in [0.29, 0.717) is 12.2 Å². The number of ether oxygens (including phenoxy) is 1. The molecule has 0 atom stereocenters. The number of aliphatic carboxylic acids is 1. The Morgan fingerprint density at radius 3 is 2.79 bits per heavy atom. The molecule has 1 aromatic carbocycles. The number of H-pyrrole nitrogens is 1. The fourth-order valence-electron chi connectivity index (χ4n) is 3.14. The second kappa shape index (κ2) is 10.0. The summed E-state index contributed by atoms with van der Waals surface area (Å²) in [5, 5.41) is 8.95. The Bertz CT molecular complexity index is 1320. The van der Waals surface area contributed by atoms with E-state index in [2.05, 4.69) is 15.0 Å². The highest BCUT2D eigenvalue weighted by atomic mass is 32.2. The monoisotopic (exact) mass is 478 g/mol. The van der Waals surface area contributed by atoms with Crippen molar-refractivity contribution in [2.24, 2.45) is 0 Å². The number of anilines is 1. The van der Waals surface area contributed by atoms with Gasteiger partial charge in [-0.15, -0.1) is 0 Å². The molecule has 2 heterocycles. The molecule has 3 aromatic rings. The number of fused-ring (bicyclic) bond motifs is 1. The summed E-state index contributed by atoms with van der Waals surface area (Å²) in [7, 11) is -2.54. The highest BCUT2D eigenvalue weighted by Crippen LogP contribution is 2.19. The van der Waals surface area contributed by atoms with E-state index in [9.17, 15) is 18.0 Å². The second-order valence-corrected chi connectivity index (χ2v) is 9.46. The van der Waals surface area contributed by atoms with Crippen LogP contribution in [0.25, 0.3) is 11.2 Å². The Hall–Kier alpha value is -3.45. The molecular weight excluding hydrogens is 452 g/mol. The maximum atomic E-state index is 13.0. The number of carbonyl (C=O) groups is 1. The van der Waals surface area contributed by atoms with Crippen LogP contribution in [0.5, 0.6) is 6.01 Å². The standard InChI is InChI=1S/C20H26N6O6S/c1-3-4-10-32-19-23-17(21)16-18(24-19)26(20(29)22-16)9-8-25(2)33(30,31)14-7-5-6-13(11-14)12-15(27)28/h5-7,11H,3-4,8-10,12H2,1-2H3,(H,22,29)(H,27,28)(H2,21,23,24). The third-order valence-electron chi connectivity index (χ3n) is 4.96. The summed E-state index contributed by atoms with van der Waals surface area (Å²) in [6, 6.07) is 5.79. The fraction of sp³-hybridized carbons (Fsp3) is 0.400. The van der Waals surface area contributed by atoms with Gasteiger partial charge >= 0.3 is 17.7 Å². The third-order valence-corrected chi connectivity index (χ3v) is 6.81. The van der Waals surface area contributed by atoms with Gasteiger partial charge in [0.25, 0.3) is 0 Å². The molecule has 0 fully saturated rings. The van der Waals surface area contributed by atoms with Gasteiger partial charge in [-0.1, -0.05) is 25.5 Å². The minimum absolute atomic E-state index is 0.00572. The van der Waals surface area contributed by atoms with E-state index >= 15 is 0 Å². The largest absolute Gasteiger partial charge is 0.481 e. The molecule has 33 heavy (non-hydrogen) atoms. The van der Waals surface area contributed by atoms with Gasteiger partial charge in [-0.25, -0.2) is 13.2 Å². The number of benzene rings is 1. The topological polar surface area (TPSA) is 174 Å². The molecule has 0 saturated heterocycles. The molecular formula is C20H26N6O6S. The highest BCUT2D eigenvalue weighted by molar-refractivity contribution is 7.89. The van der Waals surface area contributed by atoms with Crippen LogP contribution >= 0.6 is 0 Å². The number of carboxylic acid groups (broad SMARTS) is 1. The van der Waals surface area contributed by atoms with Gasteiger partial charge in [0.2, 0.25) is 10.0 Å². The minimum Gasteiger partial charge on any atom is -0.481 e. The van der Waals surface area contributed by atoms with Crippen molar-refractivity contribution in [3.8, 4) is 6.01 Å². The van der Waals surface area contributed by atoms with E-state index in [1.165, 1.54) is 29.8 Å². The van der Waals surface area contributed by atoms with Crippen molar-refractivity contribution < 1.29 is 23.1 Å². The number of hydrogen-bond acceptors (Lipinski definition) is 8. The van der Waals surface area contributed by atoms with Crippen molar-refractivity contribution in [3.05, 3.63) is 40.3 Å². The average Bonchev–Trinajstić information content (AvgIpc) is 3.07. The summed E-state index contributed by atoms with van der Waals surface area (Å²) < 4.78 is 33.8. The molecule has 0 amide bonds. The van der Waals surface area contributed by atoms with Gasteiger partial charge in [0.1, 0.15) is 5.52 Å². The minimum atomic E-state index is -3.92. The molecule has 0 radical (unpaired) electrons. The van der Waals surface area contributed by atoms with Crippen LogP contribution in [0.4, 0.5) is 5.82 Å². The van der Waals surface area contributed by atoms with Crippen LogP contribution in [0.15, 0.2) is 34.0 Å². The lowest BCUT2D eigenvalue weighted by molar-refractivity contribution is -0.136. The van der Waals surface area contributed by atoms with Crippen LogP contribution in [0, 0.1) is 0 Å². The number of sulfonamides is 1. The first-order chi connectivity index (χ1) is 15.6. The summed E-state index contributed by atoms with van der Waals surface area (Å²) in [5.74, 6) is -1.01. The maximum Gasteiger partial charge on any atom is 0.327 e. The normalized spacial score (nSPS) is 11.8. The maximum absolute atomic E-state index is 13.0. The van der Waals surface area contributed by atoms with Crippen molar-refractivity contribution >= 4 is 33.0 Å². The number of unbranched alkanes of at least 4 members (excludes halogenated alkanes) is 1. The zero-order chi connectivity index (χ0) is 24.2. The first-order valence-electron chi connectivity index (χ1n) is 10.3. The first-order valence-corrected chi connectivity index (χ1v) is 11.7. The number of nitrogens with one attached hydrogen (secondary N) is 1. The molecule has 178 valence electrons. The van der Waals surface area contributed by atoms with Crippen molar-refractivity contribution in [2.45, 2.75) is 37.6 Å². The molecule has 0 aliphatic heterocycles. The smallest absolute Gasteiger partial charge is 0.327 e. The van der Waals surface area contributed by atoms with E-state index in [-0.39, 0.29) is 47.4 Å². The quantitative estimate of drug-likeness (QED) is 0.337. The molecule has 0 bridgehead atoms. The fourth-order valence-corrected chi connectivity index (χ4v) is 4.37. The van der Waals surface area contributed by atoms with E-state index in [0.717, 1.165) is 17.1 Å². The average molecular weight is 479 g/mol. The second-order valence-electron chi connectivity index (χ2n) is 7.42. The van der Waals surface area contributed by atoms with Gasteiger partial charge in [0.05, 0.1) is 17.9 Å². The van der Waals surface area contributed by atoms with Gasteiger partial charge in [0.15, 0.2) is 11.5 Å². The Labute approximate surface area is 190 Å². The predicted octanol–water partition coefficient (Wildman–Crippen LogP) is 0.829. The zero-order valence-electron chi connectivity index (χ0n) is 18.3. The number of aromatic amines is 1. The van der Waals surface area contributed by atoms with E-state index in [1.807, 2.05) is 6.92 Å². The molecule has 0 aliphatic rings. The number of nitrogens with two attached hydrogens (primary N) is 1. The van der Waals surface area contributed by atoms with E-state index in [4.69, 9.17) is 15.6 Å². The Morgan fingerprint density at radius 2 is 2.09 bits per heavy atom. The van der Waals surface area contributed by atoms with Crippen molar-refractivity contribution in [3.63, 3.8) is 0 Å². The van der Waals surface area contributed by atoms with Crippen LogP contribution in [-0.4, -0.2) is 63.5 Å². The molecule has 0 aliphatic carbocycles. The number of imidazole rings is 1. The van der Waals surface area contributed by atoms with Gasteiger partial charge in [0, 0.05) is 20.1 Å². The number of nitrogens with zero attached hydrogens (tertiary/aromatic N) is 4. The predicted molar refractivity (Wildman–Crippen MR) is 121 cm³/mol. The summed E-state index contributed by atoms with van der Waals surface area (Å²) >= 11 is 0. The molecule has 0 spiro atoms. The van der Waals surface area contributed by atoms with Crippen molar-refractivity contribution in [2.75, 3.05) is 25.9 Å². The van der Waals surface area contributed by atoms with E-state index in [1.54, 1.807) is 6.07 Å². The number of likely N-dealkylation sites (N-methyl/N-ethyl adjacent to an activating group) is 1. The SMILES string of the molecule is CCCCOc1nc(N)c2[nH]c(=O)n(CCN(C)S(=O)(=O)c3cccc(CC(=O)O)c3)c2n1. The summed E-state index contributed by atoms with van der Waals surface area (Å²) in [6.07, 6.45) is 1.44. The van der Waals surface area contributed by atoms with Gasteiger partial charge in [-0.3, -0.25) is 9.36 Å². The first kappa shape index (κ1) is 24.2. The molecule has 3 rings (SSSR count). The van der Waals surface area contributed by atoms with Crippen molar-refractivity contribution in [1.82, 2.24) is 23.8 Å². The lowest BCUT2D eigenvalue weighted by Gasteiger charge is -2.18. The molecule has 2 aromatic heterocycles. The van der Waals surface area contributed by atoms with Crippen LogP contribution in [0.1, 0.15) is 25.3 Å². The number of aromatic nitrogens is 4. The molecule has 4 N–H and O–H groups in total. The summed E-state index contributed by atoms with van der Waals surface area (Å²) in [5.41, 5.74) is 6.25. The molecule has 0 unspecified atom stereocenters. The lowest BCUT2D eigenvalue weighted by atomic mass is 10.2. The van der Waals surface area contributed by atoms with Gasteiger partial charge in [-0.2, -0.15) is 14.3 Å². The third kappa shape index (κ3) is 5.49. The van der Waals surface area contributed by atoms with Crippen molar-refractivity contribution in [1.29, 1.82) is 0 Å².